The Hall–Kier alpha value is -1.75. The molecule has 1 amide bonds. The zero-order valence-corrected chi connectivity index (χ0v) is 7.79. The third-order valence-corrected chi connectivity index (χ3v) is 2.26. The molecule has 0 bridgehead atoms. The SMILES string of the molecule is NC1CC(=O)Nc2cc(F)ccc2C1=O. The van der Waals surface area contributed by atoms with E-state index >= 15 is 0 Å². The summed E-state index contributed by atoms with van der Waals surface area (Å²) < 4.78 is 12.9. The number of anilines is 1. The first-order valence-electron chi connectivity index (χ1n) is 4.47. The molecule has 1 unspecified atom stereocenters. The Morgan fingerprint density at radius 3 is 2.87 bits per heavy atom. The monoisotopic (exact) mass is 208 g/mol. The number of nitrogens with one attached hydrogen (secondary N) is 1. The number of Topliss-reactive ketones (excluding diaryl/α,β-unsaturated/α-hetero) is 1. The summed E-state index contributed by atoms with van der Waals surface area (Å²) in [5.41, 5.74) is 5.97. The van der Waals surface area contributed by atoms with Crippen LogP contribution in [-0.2, 0) is 4.79 Å². The Morgan fingerprint density at radius 2 is 2.13 bits per heavy atom. The minimum absolute atomic E-state index is 0.0743. The van der Waals surface area contributed by atoms with Crippen molar-refractivity contribution in [3.63, 3.8) is 0 Å². The Morgan fingerprint density at radius 1 is 1.40 bits per heavy atom. The average Bonchev–Trinajstić information content (AvgIpc) is 2.25. The van der Waals surface area contributed by atoms with Gasteiger partial charge in [0.05, 0.1) is 11.7 Å². The van der Waals surface area contributed by atoms with Gasteiger partial charge in [-0.3, -0.25) is 9.59 Å². The molecule has 0 spiro atoms. The molecule has 1 heterocycles. The highest BCUT2D eigenvalue weighted by Crippen LogP contribution is 2.22. The summed E-state index contributed by atoms with van der Waals surface area (Å²) in [7, 11) is 0. The molecule has 78 valence electrons. The molecule has 1 aliphatic rings. The Balaban J connectivity index is 2.54. The van der Waals surface area contributed by atoms with Crippen molar-refractivity contribution in [1.82, 2.24) is 0 Å². The summed E-state index contributed by atoms with van der Waals surface area (Å²) >= 11 is 0. The fourth-order valence-corrected chi connectivity index (χ4v) is 1.53. The third kappa shape index (κ3) is 1.73. The second kappa shape index (κ2) is 3.43. The maximum absolute atomic E-state index is 12.9. The summed E-state index contributed by atoms with van der Waals surface area (Å²) in [5.74, 6) is -1.22. The van der Waals surface area contributed by atoms with E-state index < -0.39 is 11.9 Å². The summed E-state index contributed by atoms with van der Waals surface area (Å²) in [6.45, 7) is 0. The minimum atomic E-state index is -0.850. The molecule has 1 aliphatic heterocycles. The van der Waals surface area contributed by atoms with E-state index in [4.69, 9.17) is 5.73 Å². The van der Waals surface area contributed by atoms with Crippen LogP contribution in [0.1, 0.15) is 16.8 Å². The average molecular weight is 208 g/mol. The van der Waals surface area contributed by atoms with Crippen molar-refractivity contribution in [3.05, 3.63) is 29.6 Å². The van der Waals surface area contributed by atoms with Gasteiger partial charge in [-0.2, -0.15) is 0 Å². The van der Waals surface area contributed by atoms with Gasteiger partial charge < -0.3 is 11.1 Å². The number of nitrogens with two attached hydrogens (primary N) is 1. The summed E-state index contributed by atoms with van der Waals surface area (Å²) in [5, 5.41) is 2.44. The van der Waals surface area contributed by atoms with Crippen molar-refractivity contribution < 1.29 is 14.0 Å². The molecule has 1 atom stereocenters. The van der Waals surface area contributed by atoms with Crippen LogP contribution in [0.4, 0.5) is 10.1 Å². The van der Waals surface area contributed by atoms with Crippen molar-refractivity contribution in [3.8, 4) is 0 Å². The number of carbonyl (C=O) groups is 2. The highest BCUT2D eigenvalue weighted by Gasteiger charge is 2.26. The van der Waals surface area contributed by atoms with Crippen LogP contribution in [0.2, 0.25) is 0 Å². The number of fused-ring (bicyclic) bond motifs is 1. The van der Waals surface area contributed by atoms with Gasteiger partial charge in [0.15, 0.2) is 5.78 Å². The molecular formula is C10H9FN2O2. The summed E-state index contributed by atoms with van der Waals surface area (Å²) in [6.07, 6.45) is -0.0743. The van der Waals surface area contributed by atoms with Gasteiger partial charge in [0.1, 0.15) is 5.82 Å². The molecule has 3 N–H and O–H groups in total. The fraction of sp³-hybridized carbons (Fsp3) is 0.200. The number of benzene rings is 1. The van der Waals surface area contributed by atoms with Crippen LogP contribution in [-0.4, -0.2) is 17.7 Å². The van der Waals surface area contributed by atoms with Crippen LogP contribution >= 0.6 is 0 Å². The number of rotatable bonds is 0. The predicted octanol–water partition coefficient (Wildman–Crippen LogP) is 0.678. The fourth-order valence-electron chi connectivity index (χ4n) is 1.53. The third-order valence-electron chi connectivity index (χ3n) is 2.26. The molecule has 4 nitrogen and oxygen atoms in total. The molecule has 1 aromatic rings. The van der Waals surface area contributed by atoms with Crippen LogP contribution in [0.15, 0.2) is 18.2 Å². The maximum atomic E-state index is 12.9. The molecule has 0 radical (unpaired) electrons. The Labute approximate surface area is 85.3 Å². The number of hydrogen-bond donors (Lipinski definition) is 2. The number of ketones is 1. The maximum Gasteiger partial charge on any atom is 0.226 e. The first kappa shape index (κ1) is 9.79. The van der Waals surface area contributed by atoms with Crippen molar-refractivity contribution in [2.45, 2.75) is 12.5 Å². The molecule has 0 aromatic heterocycles. The predicted molar refractivity (Wildman–Crippen MR) is 52.0 cm³/mol. The van der Waals surface area contributed by atoms with Crippen LogP contribution in [0.5, 0.6) is 0 Å². The van der Waals surface area contributed by atoms with Crippen LogP contribution in [0, 0.1) is 5.82 Å². The lowest BCUT2D eigenvalue weighted by Gasteiger charge is -2.05. The molecule has 0 saturated carbocycles. The van der Waals surface area contributed by atoms with Gasteiger partial charge in [-0.15, -0.1) is 0 Å². The lowest BCUT2D eigenvalue weighted by molar-refractivity contribution is -0.116. The molecule has 0 fully saturated rings. The summed E-state index contributed by atoms with van der Waals surface area (Å²) in [4.78, 5) is 22.9. The smallest absolute Gasteiger partial charge is 0.226 e. The molecule has 1 aromatic carbocycles. The molecule has 15 heavy (non-hydrogen) atoms. The van der Waals surface area contributed by atoms with Crippen LogP contribution < -0.4 is 11.1 Å². The van der Waals surface area contributed by atoms with Crippen molar-refractivity contribution in [1.29, 1.82) is 0 Å². The Bertz CT molecular complexity index is 445. The highest BCUT2D eigenvalue weighted by atomic mass is 19.1. The Kier molecular flexibility index (Phi) is 2.24. The van der Waals surface area contributed by atoms with Crippen molar-refractivity contribution >= 4 is 17.4 Å². The lowest BCUT2D eigenvalue weighted by Crippen LogP contribution is -2.31. The van der Waals surface area contributed by atoms with Gasteiger partial charge in [0.25, 0.3) is 0 Å². The van der Waals surface area contributed by atoms with E-state index in [1.807, 2.05) is 0 Å². The normalized spacial score (nSPS) is 20.5. The van der Waals surface area contributed by atoms with E-state index in [2.05, 4.69) is 5.32 Å². The topological polar surface area (TPSA) is 72.2 Å². The van der Waals surface area contributed by atoms with E-state index in [0.717, 1.165) is 6.07 Å². The molecule has 0 saturated heterocycles. The summed E-state index contributed by atoms with van der Waals surface area (Å²) in [6, 6.07) is 2.76. The van der Waals surface area contributed by atoms with Gasteiger partial charge in [-0.25, -0.2) is 4.39 Å². The highest BCUT2D eigenvalue weighted by molar-refractivity contribution is 6.11. The van der Waals surface area contributed by atoms with Gasteiger partial charge >= 0.3 is 0 Å². The quantitative estimate of drug-likeness (QED) is 0.658. The van der Waals surface area contributed by atoms with Gasteiger partial charge in [0.2, 0.25) is 5.91 Å². The standard InChI is InChI=1S/C10H9FN2O2/c11-5-1-2-6-8(3-5)13-9(14)4-7(12)10(6)15/h1-3,7H,4,12H2,(H,13,14). The second-order valence-corrected chi connectivity index (χ2v) is 3.41. The van der Waals surface area contributed by atoms with Crippen LogP contribution in [0.3, 0.4) is 0 Å². The molecule has 2 rings (SSSR count). The van der Waals surface area contributed by atoms with E-state index in [1.54, 1.807) is 0 Å². The number of carbonyl (C=O) groups excluding carboxylic acids is 2. The zero-order chi connectivity index (χ0) is 11.0. The molecule has 0 aliphatic carbocycles. The zero-order valence-electron chi connectivity index (χ0n) is 7.79. The second-order valence-electron chi connectivity index (χ2n) is 3.41. The van der Waals surface area contributed by atoms with E-state index in [1.165, 1.54) is 12.1 Å². The first-order chi connectivity index (χ1) is 7.08. The molecule has 5 heteroatoms. The lowest BCUT2D eigenvalue weighted by atomic mass is 10.0. The van der Waals surface area contributed by atoms with Crippen molar-refractivity contribution in [2.24, 2.45) is 5.73 Å². The van der Waals surface area contributed by atoms with Gasteiger partial charge in [0, 0.05) is 12.0 Å². The molecular weight excluding hydrogens is 199 g/mol. The number of halogens is 1. The van der Waals surface area contributed by atoms with E-state index in [0.29, 0.717) is 0 Å². The minimum Gasteiger partial charge on any atom is -0.325 e. The number of hydrogen-bond acceptors (Lipinski definition) is 3. The van der Waals surface area contributed by atoms with Crippen molar-refractivity contribution in [2.75, 3.05) is 5.32 Å². The van der Waals surface area contributed by atoms with Gasteiger partial charge in [-0.1, -0.05) is 0 Å². The largest absolute Gasteiger partial charge is 0.325 e. The van der Waals surface area contributed by atoms with E-state index in [-0.39, 0.29) is 29.4 Å². The van der Waals surface area contributed by atoms with E-state index in [9.17, 15) is 14.0 Å². The number of amides is 1. The van der Waals surface area contributed by atoms with Crippen LogP contribution in [0.25, 0.3) is 0 Å². The first-order valence-corrected chi connectivity index (χ1v) is 4.47. The van der Waals surface area contributed by atoms with Gasteiger partial charge in [-0.05, 0) is 18.2 Å².